The first kappa shape index (κ1) is 34.7. The molecule has 7 heteroatoms. The summed E-state index contributed by atoms with van der Waals surface area (Å²) in [6, 6.07) is 33.4. The third-order valence-corrected chi connectivity index (χ3v) is 35.7. The number of hydrogen-bond donors (Lipinski definition) is 0. The Morgan fingerprint density at radius 3 is 1.61 bits per heavy atom. The van der Waals surface area contributed by atoms with Gasteiger partial charge in [-0.3, -0.25) is 0 Å². The van der Waals surface area contributed by atoms with E-state index in [0.29, 0.717) is 13.2 Å². The van der Waals surface area contributed by atoms with Gasteiger partial charge in [-0.15, -0.1) is 0 Å². The first-order valence-corrected chi connectivity index (χ1v) is 28.2. The Labute approximate surface area is 272 Å². The van der Waals surface area contributed by atoms with Gasteiger partial charge in [0.2, 0.25) is 0 Å². The van der Waals surface area contributed by atoms with Crippen molar-refractivity contribution in [3.05, 3.63) is 102 Å². The topological polar surface area (TPSA) is 38.8 Å². The molecule has 1 atom stereocenters. The molecule has 0 radical (unpaired) electrons. The molecule has 0 bridgehead atoms. The molecule has 0 aromatic heterocycles. The number of nitrogens with zero attached hydrogens (tertiary/aromatic N) is 1. The number of rotatable bonds is 10. The predicted molar refractivity (Wildman–Crippen MR) is 194 cm³/mol. The molecule has 3 aromatic carbocycles. The third-order valence-electron chi connectivity index (χ3n) is 10.7. The van der Waals surface area contributed by atoms with Crippen molar-refractivity contribution in [2.45, 2.75) is 88.3 Å². The second kappa shape index (κ2) is 13.3. The van der Waals surface area contributed by atoms with E-state index < -0.39 is 34.8 Å². The van der Waals surface area contributed by atoms with Crippen LogP contribution in [0.1, 0.15) is 41.5 Å². The maximum atomic E-state index is 13.4. The molecular weight excluding hydrogens is 681 g/mol. The van der Waals surface area contributed by atoms with Crippen LogP contribution in [0, 0.1) is 0 Å². The van der Waals surface area contributed by atoms with E-state index in [1.165, 1.54) is 15.9 Å². The summed E-state index contributed by atoms with van der Waals surface area (Å²) in [6.45, 7) is 24.3. The summed E-state index contributed by atoms with van der Waals surface area (Å²) in [7, 11) is -4.12. The van der Waals surface area contributed by atoms with Crippen LogP contribution in [0.3, 0.4) is 0 Å². The van der Waals surface area contributed by atoms with Crippen molar-refractivity contribution in [3.63, 3.8) is 0 Å². The average molecular weight is 735 g/mol. The Balaban J connectivity index is 1.92. The third kappa shape index (κ3) is 7.13. The van der Waals surface area contributed by atoms with Crippen LogP contribution in [0.2, 0.25) is 40.7 Å². The van der Waals surface area contributed by atoms with Crippen molar-refractivity contribution in [3.8, 4) is 0 Å². The molecule has 0 N–H and O–H groups in total. The summed E-state index contributed by atoms with van der Waals surface area (Å²) in [5, 5.41) is 1.60. The summed E-state index contributed by atoms with van der Waals surface area (Å²) in [5.74, 6) is 0. The Hall–Kier alpha value is -2.14. The van der Waals surface area contributed by atoms with Crippen LogP contribution < -0.4 is 10.7 Å². The number of ether oxygens (including phenoxy) is 1. The summed E-state index contributed by atoms with van der Waals surface area (Å²) in [5.41, 5.74) is 0. The zero-order valence-electron chi connectivity index (χ0n) is 28.6. The quantitative estimate of drug-likeness (QED) is 0.199. The molecule has 4 nitrogen and oxygen atoms in total. The molecule has 3 aromatic rings. The van der Waals surface area contributed by atoms with Gasteiger partial charge >= 0.3 is 274 Å². The van der Waals surface area contributed by atoms with Crippen LogP contribution in [-0.4, -0.2) is 65.0 Å². The summed E-state index contributed by atoms with van der Waals surface area (Å²) in [6.07, 6.45) is 1.97. The van der Waals surface area contributed by atoms with Crippen LogP contribution in [-0.2, 0) is 9.16 Å². The van der Waals surface area contributed by atoms with Crippen LogP contribution >= 0.6 is 0 Å². The minimum absolute atomic E-state index is 0.0806. The normalized spacial score (nSPS) is 17.1. The van der Waals surface area contributed by atoms with E-state index in [-0.39, 0.29) is 22.2 Å². The monoisotopic (exact) mass is 735 g/mol. The molecule has 4 rings (SSSR count). The fraction of sp³-hybridized carbons (Fsp3) is 0.432. The number of benzene rings is 3. The summed E-state index contributed by atoms with van der Waals surface area (Å²) >= 11 is -3.70. The SMILES string of the molecule is CC(C)(C)[Si](C)(C)OC[C@H]1COC(=O)N1/C=C(\[CH2][Sn]([c]1ccccc1)([c]1ccccc1)[c]1ccccc1)[Si](C)(C)C(C)(C)C. The van der Waals surface area contributed by atoms with Gasteiger partial charge in [-0.1, -0.05) is 0 Å². The van der Waals surface area contributed by atoms with Gasteiger partial charge in [0, 0.05) is 0 Å². The predicted octanol–water partition coefficient (Wildman–Crippen LogP) is 7.93. The number of carbonyl (C=O) groups is 1. The van der Waals surface area contributed by atoms with Crippen molar-refractivity contribution in [1.29, 1.82) is 0 Å². The fourth-order valence-electron chi connectivity index (χ4n) is 5.62. The van der Waals surface area contributed by atoms with Crippen molar-refractivity contribution in [1.82, 2.24) is 4.90 Å². The number of cyclic esters (lactones) is 1. The van der Waals surface area contributed by atoms with Crippen LogP contribution in [0.4, 0.5) is 4.79 Å². The van der Waals surface area contributed by atoms with Gasteiger partial charge in [-0.05, 0) is 0 Å². The van der Waals surface area contributed by atoms with Crippen molar-refractivity contribution >= 4 is 51.6 Å². The van der Waals surface area contributed by atoms with Gasteiger partial charge < -0.3 is 0 Å². The molecule has 1 saturated heterocycles. The van der Waals surface area contributed by atoms with Crippen LogP contribution in [0.25, 0.3) is 0 Å². The number of allylic oxidation sites excluding steroid dienone is 1. The van der Waals surface area contributed by atoms with Gasteiger partial charge in [-0.25, -0.2) is 0 Å². The minimum atomic E-state index is -3.70. The summed E-state index contributed by atoms with van der Waals surface area (Å²) < 4.78 is 17.7. The second-order valence-electron chi connectivity index (χ2n) is 15.4. The molecule has 1 aliphatic heterocycles. The van der Waals surface area contributed by atoms with Crippen molar-refractivity contribution in [2.75, 3.05) is 13.2 Å². The summed E-state index contributed by atoms with van der Waals surface area (Å²) in [4.78, 5) is 15.3. The van der Waals surface area contributed by atoms with Gasteiger partial charge in [-0.2, -0.15) is 0 Å². The Kier molecular flexibility index (Phi) is 10.5. The Bertz CT molecular complexity index is 1330. The number of carbonyl (C=O) groups excluding carboxylic acids is 1. The van der Waals surface area contributed by atoms with E-state index in [2.05, 4.69) is 165 Å². The van der Waals surface area contributed by atoms with Gasteiger partial charge in [0.05, 0.1) is 0 Å². The van der Waals surface area contributed by atoms with Gasteiger partial charge in [0.25, 0.3) is 0 Å². The Morgan fingerprint density at radius 2 is 1.23 bits per heavy atom. The van der Waals surface area contributed by atoms with E-state index in [9.17, 15) is 4.79 Å². The molecule has 0 aliphatic carbocycles. The molecule has 0 saturated carbocycles. The maximum absolute atomic E-state index is 13.4. The molecule has 236 valence electrons. The molecule has 0 unspecified atom stereocenters. The van der Waals surface area contributed by atoms with Crippen LogP contribution in [0.5, 0.6) is 0 Å². The fourth-order valence-corrected chi connectivity index (χ4v) is 27.1. The molecule has 44 heavy (non-hydrogen) atoms. The molecule has 1 heterocycles. The molecular formula is C37H53NO3Si2Sn. The van der Waals surface area contributed by atoms with Crippen LogP contribution in [0.15, 0.2) is 102 Å². The van der Waals surface area contributed by atoms with Crippen molar-refractivity contribution < 1.29 is 14.0 Å². The van der Waals surface area contributed by atoms with E-state index >= 15 is 0 Å². The molecule has 1 aliphatic rings. The zero-order chi connectivity index (χ0) is 32.4. The van der Waals surface area contributed by atoms with E-state index in [1.54, 1.807) is 0 Å². The molecule has 1 fully saturated rings. The van der Waals surface area contributed by atoms with E-state index in [1.807, 2.05) is 4.90 Å². The van der Waals surface area contributed by atoms with Crippen molar-refractivity contribution in [2.24, 2.45) is 0 Å². The first-order valence-electron chi connectivity index (χ1n) is 16.0. The number of hydrogen-bond acceptors (Lipinski definition) is 3. The second-order valence-corrected chi connectivity index (χ2v) is 36.7. The average Bonchev–Trinajstić information content (AvgIpc) is 3.33. The van der Waals surface area contributed by atoms with E-state index in [4.69, 9.17) is 9.16 Å². The standard InChI is InChI=1S/C19H38NO3Si2.3C6H5.Sn/c1-15(24(8,9)18(2,3)4)12-20-16(13-22-17(20)21)14-23-25(10,11)19(5,6)7;3*1-2-4-6-5-3-1;/h12,16H,1,13-14H2,2-11H3;3*1-5H;/b15-12+;;;;/t16-;;;;/m1..../s1. The van der Waals surface area contributed by atoms with Gasteiger partial charge in [0.1, 0.15) is 0 Å². The zero-order valence-corrected chi connectivity index (χ0v) is 33.5. The van der Waals surface area contributed by atoms with Gasteiger partial charge in [0.15, 0.2) is 0 Å². The number of amides is 1. The van der Waals surface area contributed by atoms with E-state index in [0.717, 1.165) is 4.44 Å². The molecule has 0 spiro atoms. The Morgan fingerprint density at radius 1 is 0.795 bits per heavy atom. The molecule has 1 amide bonds. The first-order chi connectivity index (χ1) is 20.5.